The zero-order chi connectivity index (χ0) is 9.19. The summed E-state index contributed by atoms with van der Waals surface area (Å²) >= 11 is 0. The third-order valence-electron chi connectivity index (χ3n) is 2.23. The van der Waals surface area contributed by atoms with Crippen molar-refractivity contribution in [3.05, 3.63) is 0 Å². The van der Waals surface area contributed by atoms with Crippen LogP contribution in [0.15, 0.2) is 0 Å². The zero-order valence-corrected chi connectivity index (χ0v) is 7.70. The van der Waals surface area contributed by atoms with Gasteiger partial charge in [0.2, 0.25) is 0 Å². The van der Waals surface area contributed by atoms with Crippen LogP contribution in [-0.2, 0) is 9.26 Å². The van der Waals surface area contributed by atoms with Crippen molar-refractivity contribution in [3.63, 3.8) is 0 Å². The van der Waals surface area contributed by atoms with Crippen LogP contribution in [0.3, 0.4) is 0 Å². The van der Waals surface area contributed by atoms with E-state index in [4.69, 9.17) is 19.6 Å². The van der Waals surface area contributed by atoms with Gasteiger partial charge in [-0.2, -0.15) is 0 Å². The summed E-state index contributed by atoms with van der Waals surface area (Å²) in [4.78, 5) is 17.1. The van der Waals surface area contributed by atoms with Crippen LogP contribution in [-0.4, -0.2) is 34.4 Å². The van der Waals surface area contributed by atoms with Gasteiger partial charge in [0.15, 0.2) is 6.29 Å². The van der Waals surface area contributed by atoms with Crippen molar-refractivity contribution in [3.8, 4) is 0 Å². The molecule has 1 aliphatic heterocycles. The molecule has 2 unspecified atom stereocenters. The van der Waals surface area contributed by atoms with Gasteiger partial charge in [-0.1, -0.05) is 6.92 Å². The molecule has 0 bridgehead atoms. The van der Waals surface area contributed by atoms with Crippen LogP contribution in [0.1, 0.15) is 13.3 Å². The van der Waals surface area contributed by atoms with Crippen LogP contribution >= 0.6 is 8.60 Å². The Labute approximate surface area is 71.9 Å². The van der Waals surface area contributed by atoms with Gasteiger partial charge in [-0.3, -0.25) is 4.52 Å². The molecular weight excluding hydrogens is 183 g/mol. The van der Waals surface area contributed by atoms with E-state index < -0.39 is 20.3 Å². The van der Waals surface area contributed by atoms with Crippen molar-refractivity contribution in [2.24, 2.45) is 5.41 Å². The third kappa shape index (κ3) is 1.76. The maximum Gasteiger partial charge on any atom is 0.329 e. The molecule has 0 aromatic rings. The second kappa shape index (κ2) is 3.96. The highest BCUT2D eigenvalue weighted by Gasteiger charge is 2.48. The van der Waals surface area contributed by atoms with Gasteiger partial charge < -0.3 is 19.6 Å². The highest BCUT2D eigenvalue weighted by molar-refractivity contribution is 7.39. The monoisotopic (exact) mass is 196 g/mol. The molecule has 0 amide bonds. The van der Waals surface area contributed by atoms with Gasteiger partial charge in [-0.25, -0.2) is 0 Å². The lowest BCUT2D eigenvalue weighted by Gasteiger charge is -2.46. The molecule has 6 heteroatoms. The Bertz CT molecular complexity index is 141. The molecule has 3 N–H and O–H groups in total. The summed E-state index contributed by atoms with van der Waals surface area (Å²) in [7, 11) is -2.40. The molecule has 0 radical (unpaired) electrons. The number of aliphatic hydroxyl groups is 1. The topological polar surface area (TPSA) is 79.2 Å². The molecule has 1 heterocycles. The van der Waals surface area contributed by atoms with Crippen LogP contribution < -0.4 is 0 Å². The molecule has 0 aliphatic carbocycles. The lowest BCUT2D eigenvalue weighted by atomic mass is 9.82. The Hall–Kier alpha value is 0.230. The van der Waals surface area contributed by atoms with Gasteiger partial charge in [-0.15, -0.1) is 0 Å². The van der Waals surface area contributed by atoms with Gasteiger partial charge >= 0.3 is 8.60 Å². The van der Waals surface area contributed by atoms with E-state index in [1.807, 2.05) is 6.92 Å². The van der Waals surface area contributed by atoms with Crippen LogP contribution in [0.2, 0.25) is 0 Å². The number of rotatable bonds is 4. The van der Waals surface area contributed by atoms with E-state index in [1.54, 1.807) is 0 Å². The van der Waals surface area contributed by atoms with Gasteiger partial charge in [0, 0.05) is 0 Å². The largest absolute Gasteiger partial charge is 0.396 e. The first kappa shape index (κ1) is 10.3. The molecule has 1 fully saturated rings. The molecule has 5 nitrogen and oxygen atoms in total. The first-order chi connectivity index (χ1) is 5.64. The van der Waals surface area contributed by atoms with Crippen molar-refractivity contribution in [2.75, 3.05) is 13.2 Å². The minimum Gasteiger partial charge on any atom is -0.396 e. The van der Waals surface area contributed by atoms with E-state index in [9.17, 15) is 0 Å². The van der Waals surface area contributed by atoms with E-state index in [0.29, 0.717) is 13.0 Å². The number of aliphatic hydroxyl groups excluding tert-OH is 1. The van der Waals surface area contributed by atoms with E-state index in [-0.39, 0.29) is 6.61 Å². The Morgan fingerprint density at radius 3 is 2.58 bits per heavy atom. The highest BCUT2D eigenvalue weighted by atomic mass is 31.2. The van der Waals surface area contributed by atoms with Gasteiger partial charge in [-0.05, 0) is 6.42 Å². The lowest BCUT2D eigenvalue weighted by molar-refractivity contribution is -0.288. The summed E-state index contributed by atoms with van der Waals surface area (Å²) in [6.45, 7) is 2.25. The summed E-state index contributed by atoms with van der Waals surface area (Å²) in [5.74, 6) is 0. The molecule has 1 aliphatic rings. The quantitative estimate of drug-likeness (QED) is 0.550. The van der Waals surface area contributed by atoms with Crippen LogP contribution in [0.5, 0.6) is 0 Å². The molecule has 0 saturated carbocycles. The highest BCUT2D eigenvalue weighted by Crippen LogP contribution is 2.44. The minimum absolute atomic E-state index is 0.0582. The van der Waals surface area contributed by atoms with E-state index in [1.165, 1.54) is 0 Å². The maximum absolute atomic E-state index is 9.00. The zero-order valence-electron chi connectivity index (χ0n) is 6.80. The Balaban J connectivity index is 2.45. The molecule has 72 valence electrons. The second-order valence-corrected chi connectivity index (χ2v) is 3.59. The fourth-order valence-electron chi connectivity index (χ4n) is 1.12. The molecular formula is C6H13O5P. The molecule has 1 rings (SSSR count). The average Bonchev–Trinajstić information content (AvgIpc) is 2.01. The smallest absolute Gasteiger partial charge is 0.329 e. The third-order valence-corrected chi connectivity index (χ3v) is 2.61. The molecule has 0 spiro atoms. The fraction of sp³-hybridized carbons (Fsp3) is 1.00. The molecule has 0 aromatic heterocycles. The number of hydrogen-bond acceptors (Lipinski definition) is 5. The van der Waals surface area contributed by atoms with Crippen LogP contribution in [0.4, 0.5) is 0 Å². The predicted octanol–water partition coefficient (Wildman–Crippen LogP) is -0.0405. The standard InChI is InChI=1S/C6H13O5P/c1-2-6(3-7)4-10-5(6)11-12(8)9/h5,7-9H,2-4H2,1H3. The van der Waals surface area contributed by atoms with Crippen molar-refractivity contribution in [1.82, 2.24) is 0 Å². The summed E-state index contributed by atoms with van der Waals surface area (Å²) in [5.41, 5.74) is -0.438. The second-order valence-electron chi connectivity index (χ2n) is 2.88. The van der Waals surface area contributed by atoms with Crippen molar-refractivity contribution >= 4 is 8.60 Å². The summed E-state index contributed by atoms with van der Waals surface area (Å²) in [5, 5.41) is 9.00. The first-order valence-corrected chi connectivity index (χ1v) is 4.88. The SMILES string of the molecule is CCC1(CO)COC1OP(O)O. The van der Waals surface area contributed by atoms with Crippen molar-refractivity contribution < 1.29 is 24.2 Å². The van der Waals surface area contributed by atoms with E-state index in [0.717, 1.165) is 0 Å². The average molecular weight is 196 g/mol. The van der Waals surface area contributed by atoms with E-state index in [2.05, 4.69) is 4.52 Å². The van der Waals surface area contributed by atoms with Gasteiger partial charge in [0.25, 0.3) is 0 Å². The summed E-state index contributed by atoms with van der Waals surface area (Å²) < 4.78 is 9.63. The molecule has 0 aromatic carbocycles. The maximum atomic E-state index is 9.00. The van der Waals surface area contributed by atoms with Gasteiger partial charge in [0.05, 0.1) is 18.6 Å². The van der Waals surface area contributed by atoms with Crippen molar-refractivity contribution in [1.29, 1.82) is 0 Å². The summed E-state index contributed by atoms with van der Waals surface area (Å²) in [6.07, 6.45) is 0.0192. The molecule has 12 heavy (non-hydrogen) atoms. The number of ether oxygens (including phenoxy) is 1. The molecule has 2 atom stereocenters. The Morgan fingerprint density at radius 2 is 2.33 bits per heavy atom. The Kier molecular flexibility index (Phi) is 3.40. The van der Waals surface area contributed by atoms with Crippen LogP contribution in [0.25, 0.3) is 0 Å². The van der Waals surface area contributed by atoms with Crippen molar-refractivity contribution in [2.45, 2.75) is 19.6 Å². The Morgan fingerprint density at radius 1 is 1.67 bits per heavy atom. The van der Waals surface area contributed by atoms with Gasteiger partial charge in [0.1, 0.15) is 0 Å². The fourth-order valence-corrected chi connectivity index (χ4v) is 1.57. The lowest BCUT2D eigenvalue weighted by Crippen LogP contribution is -2.54. The van der Waals surface area contributed by atoms with Crippen LogP contribution in [0, 0.1) is 5.41 Å². The molecule has 1 saturated heterocycles. The number of hydrogen-bond donors (Lipinski definition) is 3. The first-order valence-electron chi connectivity index (χ1n) is 3.72. The van der Waals surface area contributed by atoms with E-state index >= 15 is 0 Å². The summed E-state index contributed by atoms with van der Waals surface area (Å²) in [6, 6.07) is 0. The normalized spacial score (nSPS) is 35.2. The predicted molar refractivity (Wildman–Crippen MR) is 42.0 cm³/mol. The minimum atomic E-state index is -2.40.